The van der Waals surface area contributed by atoms with Crippen molar-refractivity contribution in [2.75, 3.05) is 0 Å². The summed E-state index contributed by atoms with van der Waals surface area (Å²) in [4.78, 5) is 13.1. The topological polar surface area (TPSA) is 41.1 Å². The van der Waals surface area contributed by atoms with Crippen molar-refractivity contribution in [1.82, 2.24) is 10.6 Å². The summed E-state index contributed by atoms with van der Waals surface area (Å²) in [5.41, 5.74) is 0.673. The summed E-state index contributed by atoms with van der Waals surface area (Å²) in [7, 11) is 0. The van der Waals surface area contributed by atoms with E-state index in [4.69, 9.17) is 0 Å². The first kappa shape index (κ1) is 22.1. The Kier molecular flexibility index (Phi) is 7.87. The van der Waals surface area contributed by atoms with Gasteiger partial charge in [-0.3, -0.25) is 4.79 Å². The number of piperidine rings is 1. The molecule has 1 spiro atoms. The van der Waals surface area contributed by atoms with Crippen LogP contribution >= 0.6 is 0 Å². The molecule has 0 aromatic heterocycles. The number of amides is 1. The fourth-order valence-corrected chi connectivity index (χ4v) is 6.19. The van der Waals surface area contributed by atoms with E-state index < -0.39 is 0 Å². The van der Waals surface area contributed by atoms with Crippen LogP contribution in [0.25, 0.3) is 0 Å². The molecule has 1 aliphatic heterocycles. The van der Waals surface area contributed by atoms with E-state index in [1.54, 1.807) is 0 Å². The van der Waals surface area contributed by atoms with E-state index >= 15 is 0 Å². The van der Waals surface area contributed by atoms with E-state index in [1.807, 2.05) is 0 Å². The average Bonchev–Trinajstić information content (AvgIpc) is 2.75. The third-order valence-corrected chi connectivity index (χ3v) is 7.60. The second kappa shape index (κ2) is 9.96. The maximum Gasteiger partial charge on any atom is 0.237 e. The monoisotopic (exact) mass is 390 g/mol. The van der Waals surface area contributed by atoms with Crippen LogP contribution in [0, 0.1) is 11.3 Å². The molecule has 3 nitrogen and oxygen atoms in total. The molecule has 1 unspecified atom stereocenters. The largest absolute Gasteiger partial charge is 0.352 e. The number of rotatable bonds is 3. The van der Waals surface area contributed by atoms with Gasteiger partial charge in [0.25, 0.3) is 0 Å². The summed E-state index contributed by atoms with van der Waals surface area (Å²) in [6.45, 7) is 7.05. The molecular formula is C25H46N2O. The number of hydrogen-bond acceptors (Lipinski definition) is 2. The maximum atomic E-state index is 13.1. The van der Waals surface area contributed by atoms with Crippen LogP contribution in [0.1, 0.15) is 124 Å². The molecule has 3 rings (SSSR count). The van der Waals surface area contributed by atoms with Gasteiger partial charge in [0.1, 0.15) is 0 Å². The number of carbonyl (C=O) groups excluding carboxylic acids is 1. The molecule has 3 heteroatoms. The molecule has 3 aliphatic rings. The molecule has 0 radical (unpaired) electrons. The maximum absolute atomic E-state index is 13.1. The molecule has 1 heterocycles. The first-order chi connectivity index (χ1) is 13.4. The fourth-order valence-electron chi connectivity index (χ4n) is 6.19. The highest BCUT2D eigenvalue weighted by Crippen LogP contribution is 2.36. The van der Waals surface area contributed by atoms with Crippen LogP contribution in [0.15, 0.2) is 0 Å². The SMILES string of the molecule is CC(C)(C)C[C@H]1CC[C@H](NC(=O)C2CCCC3(CCCCCCCC3)N2)CC1. The Bertz CT molecular complexity index is 477. The highest BCUT2D eigenvalue weighted by atomic mass is 16.2. The second-order valence-corrected chi connectivity index (χ2v) is 11.5. The van der Waals surface area contributed by atoms with Crippen molar-refractivity contribution in [3.05, 3.63) is 0 Å². The van der Waals surface area contributed by atoms with E-state index in [2.05, 4.69) is 31.4 Å². The highest BCUT2D eigenvalue weighted by molar-refractivity contribution is 5.82. The van der Waals surface area contributed by atoms with E-state index in [9.17, 15) is 4.79 Å². The van der Waals surface area contributed by atoms with Crippen molar-refractivity contribution in [2.24, 2.45) is 11.3 Å². The van der Waals surface area contributed by atoms with E-state index in [0.29, 0.717) is 17.4 Å². The van der Waals surface area contributed by atoms with Gasteiger partial charge in [0, 0.05) is 11.6 Å². The molecular weight excluding hydrogens is 344 g/mol. The summed E-state index contributed by atoms with van der Waals surface area (Å²) in [5.74, 6) is 1.14. The molecule has 3 fully saturated rings. The quantitative estimate of drug-likeness (QED) is 0.610. The minimum Gasteiger partial charge on any atom is -0.352 e. The van der Waals surface area contributed by atoms with E-state index in [-0.39, 0.29) is 11.6 Å². The molecule has 1 amide bonds. The average molecular weight is 391 g/mol. The lowest BCUT2D eigenvalue weighted by Gasteiger charge is -2.43. The fraction of sp³-hybridized carbons (Fsp3) is 0.960. The van der Waals surface area contributed by atoms with Gasteiger partial charge >= 0.3 is 0 Å². The third kappa shape index (κ3) is 6.75. The van der Waals surface area contributed by atoms with Crippen LogP contribution in [-0.4, -0.2) is 23.5 Å². The van der Waals surface area contributed by atoms with Gasteiger partial charge in [-0.2, -0.15) is 0 Å². The van der Waals surface area contributed by atoms with Crippen LogP contribution in [0.3, 0.4) is 0 Å². The smallest absolute Gasteiger partial charge is 0.237 e. The van der Waals surface area contributed by atoms with Crippen LogP contribution in [0.2, 0.25) is 0 Å². The Morgan fingerprint density at radius 1 is 0.857 bits per heavy atom. The lowest BCUT2D eigenvalue weighted by Crippen LogP contribution is -2.59. The van der Waals surface area contributed by atoms with Gasteiger partial charge in [-0.05, 0) is 75.5 Å². The van der Waals surface area contributed by atoms with Gasteiger partial charge in [0.15, 0.2) is 0 Å². The molecule has 2 aliphatic carbocycles. The van der Waals surface area contributed by atoms with Gasteiger partial charge in [-0.25, -0.2) is 0 Å². The first-order valence-corrected chi connectivity index (χ1v) is 12.4. The highest BCUT2D eigenvalue weighted by Gasteiger charge is 2.38. The number of carbonyl (C=O) groups is 1. The zero-order valence-electron chi connectivity index (χ0n) is 19.0. The minimum absolute atomic E-state index is 0.0433. The van der Waals surface area contributed by atoms with Crippen molar-refractivity contribution in [3.63, 3.8) is 0 Å². The van der Waals surface area contributed by atoms with Gasteiger partial charge in [0.2, 0.25) is 5.91 Å². The zero-order chi connectivity index (χ0) is 20.0. The lowest BCUT2D eigenvalue weighted by atomic mass is 9.76. The minimum atomic E-state index is 0.0433. The molecule has 2 saturated carbocycles. The van der Waals surface area contributed by atoms with E-state index in [1.165, 1.54) is 96.3 Å². The summed E-state index contributed by atoms with van der Waals surface area (Å²) in [5, 5.41) is 7.31. The van der Waals surface area contributed by atoms with Crippen molar-refractivity contribution < 1.29 is 4.79 Å². The first-order valence-electron chi connectivity index (χ1n) is 12.4. The Morgan fingerprint density at radius 3 is 2.04 bits per heavy atom. The van der Waals surface area contributed by atoms with Gasteiger partial charge < -0.3 is 10.6 Å². The summed E-state index contributed by atoms with van der Waals surface area (Å²) in [6.07, 6.45) is 20.5. The summed E-state index contributed by atoms with van der Waals surface area (Å²) >= 11 is 0. The van der Waals surface area contributed by atoms with Gasteiger partial charge in [-0.1, -0.05) is 59.3 Å². The van der Waals surface area contributed by atoms with Gasteiger partial charge in [-0.15, -0.1) is 0 Å². The molecule has 162 valence electrons. The molecule has 0 aromatic carbocycles. The third-order valence-electron chi connectivity index (χ3n) is 7.60. The van der Waals surface area contributed by atoms with Crippen LogP contribution in [0.4, 0.5) is 0 Å². The van der Waals surface area contributed by atoms with Crippen LogP contribution < -0.4 is 10.6 Å². The Labute approximate surface area is 174 Å². The zero-order valence-corrected chi connectivity index (χ0v) is 19.0. The summed E-state index contributed by atoms with van der Waals surface area (Å²) in [6, 6.07) is 0.450. The van der Waals surface area contributed by atoms with Crippen molar-refractivity contribution in [2.45, 2.75) is 141 Å². The van der Waals surface area contributed by atoms with Crippen molar-refractivity contribution >= 4 is 5.91 Å². The molecule has 2 N–H and O–H groups in total. The lowest BCUT2D eigenvalue weighted by molar-refractivity contribution is -0.125. The standard InChI is InChI=1S/C25H46N2O/c1-24(2,3)19-20-12-14-21(15-13-20)26-23(28)22-11-10-18-25(27-22)16-8-6-4-5-7-9-17-25/h20-22,27H,4-19H2,1-3H3,(H,26,28)/t20-,21-,22?. The Hall–Kier alpha value is -0.570. The molecule has 28 heavy (non-hydrogen) atoms. The van der Waals surface area contributed by atoms with Crippen molar-refractivity contribution in [3.8, 4) is 0 Å². The molecule has 0 bridgehead atoms. The van der Waals surface area contributed by atoms with Crippen molar-refractivity contribution in [1.29, 1.82) is 0 Å². The van der Waals surface area contributed by atoms with Gasteiger partial charge in [0.05, 0.1) is 6.04 Å². The summed E-state index contributed by atoms with van der Waals surface area (Å²) < 4.78 is 0. The Balaban J connectivity index is 1.47. The second-order valence-electron chi connectivity index (χ2n) is 11.5. The normalized spacial score (nSPS) is 32.2. The predicted octanol–water partition coefficient (Wildman–Crippen LogP) is 6.11. The van der Waals surface area contributed by atoms with Crippen LogP contribution in [-0.2, 0) is 4.79 Å². The molecule has 1 saturated heterocycles. The van der Waals surface area contributed by atoms with E-state index in [0.717, 1.165) is 12.3 Å². The Morgan fingerprint density at radius 2 is 1.43 bits per heavy atom. The number of nitrogens with one attached hydrogen (secondary N) is 2. The number of hydrogen-bond donors (Lipinski definition) is 2. The van der Waals surface area contributed by atoms with Crippen LogP contribution in [0.5, 0.6) is 0 Å². The molecule has 1 atom stereocenters. The predicted molar refractivity (Wildman–Crippen MR) is 118 cm³/mol. The molecule has 0 aromatic rings.